The second-order valence-corrected chi connectivity index (χ2v) is 3.92. The highest BCUT2D eigenvalue weighted by Gasteiger charge is 2.37. The smallest absolute Gasteiger partial charge is 0.415 e. The summed E-state index contributed by atoms with van der Waals surface area (Å²) in [5.41, 5.74) is 0.334. The molecule has 1 fully saturated rings. The van der Waals surface area contributed by atoms with Gasteiger partial charge in [0.2, 0.25) is 6.10 Å². The van der Waals surface area contributed by atoms with Crippen molar-refractivity contribution in [2.45, 2.75) is 13.0 Å². The molecule has 1 saturated heterocycles. The zero-order valence-corrected chi connectivity index (χ0v) is 10.2. The molecule has 1 N–H and O–H groups in total. The molecule has 0 saturated carbocycles. The van der Waals surface area contributed by atoms with Gasteiger partial charge >= 0.3 is 6.09 Å². The minimum Gasteiger partial charge on any atom is -0.465 e. The average molecular weight is 268 g/mol. The second-order valence-electron chi connectivity index (χ2n) is 3.51. The Morgan fingerprint density at radius 1 is 1.44 bits per heavy atom. The molecule has 0 spiro atoms. The van der Waals surface area contributed by atoms with Crippen molar-refractivity contribution in [1.82, 2.24) is 5.32 Å². The number of halogens is 1. The minimum absolute atomic E-state index is 0.298. The summed E-state index contributed by atoms with van der Waals surface area (Å²) in [5, 5.41) is 2.34. The Hall–Kier alpha value is -2.01. The van der Waals surface area contributed by atoms with Gasteiger partial charge in [-0.2, -0.15) is 0 Å². The minimum atomic E-state index is -1.08. The van der Waals surface area contributed by atoms with E-state index < -0.39 is 18.1 Å². The standard InChI is InChI=1S/C12H10ClNO4/c1-2-6-17-8-5-3-4-7(13)9(8)10-11(15)14-12(16)18-10/h2-6,10H,1H3,(H,14,15,16)/b6-2+. The van der Waals surface area contributed by atoms with E-state index in [0.717, 1.165) is 0 Å². The lowest BCUT2D eigenvalue weighted by atomic mass is 10.1. The summed E-state index contributed by atoms with van der Waals surface area (Å²) in [6.07, 6.45) is 1.27. The number of ether oxygens (including phenoxy) is 2. The molecule has 94 valence electrons. The van der Waals surface area contributed by atoms with Crippen LogP contribution in [0.3, 0.4) is 0 Å². The van der Waals surface area contributed by atoms with Crippen LogP contribution in [0.2, 0.25) is 5.02 Å². The Kier molecular flexibility index (Phi) is 3.53. The summed E-state index contributed by atoms with van der Waals surface area (Å²) < 4.78 is 10.2. The molecule has 1 aromatic rings. The zero-order chi connectivity index (χ0) is 13.1. The van der Waals surface area contributed by atoms with Gasteiger partial charge in [0.25, 0.3) is 5.91 Å². The fourth-order valence-corrected chi connectivity index (χ4v) is 1.83. The summed E-state index contributed by atoms with van der Waals surface area (Å²) in [6.45, 7) is 1.78. The number of hydrogen-bond donors (Lipinski definition) is 1. The normalized spacial score (nSPS) is 18.9. The molecule has 0 radical (unpaired) electrons. The van der Waals surface area contributed by atoms with E-state index in [1.54, 1.807) is 31.2 Å². The van der Waals surface area contributed by atoms with Crippen LogP contribution in [0.4, 0.5) is 4.79 Å². The molecule has 6 heteroatoms. The number of imide groups is 1. The molecule has 1 heterocycles. The maximum atomic E-state index is 11.6. The van der Waals surface area contributed by atoms with Crippen LogP contribution in [-0.4, -0.2) is 12.0 Å². The Bertz CT molecular complexity index is 527. The van der Waals surface area contributed by atoms with E-state index >= 15 is 0 Å². The number of carbonyl (C=O) groups is 2. The van der Waals surface area contributed by atoms with Crippen LogP contribution in [0.25, 0.3) is 0 Å². The average Bonchev–Trinajstić information content (AvgIpc) is 2.65. The predicted molar refractivity (Wildman–Crippen MR) is 64.3 cm³/mol. The number of hydrogen-bond acceptors (Lipinski definition) is 4. The maximum absolute atomic E-state index is 11.6. The summed E-state index contributed by atoms with van der Waals surface area (Å²) in [7, 11) is 0. The van der Waals surface area contributed by atoms with Crippen molar-refractivity contribution in [3.8, 4) is 5.75 Å². The number of amides is 2. The van der Waals surface area contributed by atoms with E-state index in [9.17, 15) is 9.59 Å². The van der Waals surface area contributed by atoms with Crippen LogP contribution in [0, 0.1) is 0 Å². The third-order valence-corrected chi connectivity index (χ3v) is 2.62. The Balaban J connectivity index is 2.42. The van der Waals surface area contributed by atoms with Gasteiger partial charge in [-0.3, -0.25) is 10.1 Å². The molecule has 1 aliphatic rings. The first-order valence-corrected chi connectivity index (χ1v) is 5.59. The van der Waals surface area contributed by atoms with Crippen LogP contribution in [-0.2, 0) is 9.53 Å². The first kappa shape index (κ1) is 12.4. The topological polar surface area (TPSA) is 64.6 Å². The summed E-state index contributed by atoms with van der Waals surface area (Å²) in [4.78, 5) is 22.6. The molecule has 1 aromatic carbocycles. The quantitative estimate of drug-likeness (QED) is 0.855. The Labute approximate surface area is 108 Å². The van der Waals surface area contributed by atoms with Gasteiger partial charge in [0.05, 0.1) is 16.8 Å². The van der Waals surface area contributed by atoms with Gasteiger partial charge in [-0.05, 0) is 19.1 Å². The maximum Gasteiger partial charge on any atom is 0.415 e. The van der Waals surface area contributed by atoms with Gasteiger partial charge in [0.15, 0.2) is 0 Å². The molecular formula is C12H10ClNO4. The fraction of sp³-hybridized carbons (Fsp3) is 0.167. The third kappa shape index (κ3) is 2.31. The molecule has 0 aliphatic carbocycles. The van der Waals surface area contributed by atoms with Crippen LogP contribution in [0.5, 0.6) is 5.75 Å². The first-order valence-electron chi connectivity index (χ1n) is 5.21. The van der Waals surface area contributed by atoms with Crippen molar-refractivity contribution in [2.75, 3.05) is 0 Å². The third-order valence-electron chi connectivity index (χ3n) is 2.29. The number of allylic oxidation sites excluding steroid dienone is 1. The van der Waals surface area contributed by atoms with Crippen molar-refractivity contribution in [3.05, 3.63) is 41.1 Å². The second kappa shape index (κ2) is 5.10. The lowest BCUT2D eigenvalue weighted by Gasteiger charge is -2.13. The van der Waals surface area contributed by atoms with E-state index in [4.69, 9.17) is 21.1 Å². The molecule has 5 nitrogen and oxygen atoms in total. The van der Waals surface area contributed by atoms with Crippen LogP contribution >= 0.6 is 11.6 Å². The molecule has 1 atom stereocenters. The van der Waals surface area contributed by atoms with Crippen molar-refractivity contribution in [2.24, 2.45) is 0 Å². The van der Waals surface area contributed by atoms with Gasteiger partial charge in [-0.15, -0.1) is 0 Å². The van der Waals surface area contributed by atoms with E-state index in [1.807, 2.05) is 5.32 Å². The molecule has 1 unspecified atom stereocenters. The summed E-state index contributed by atoms with van der Waals surface area (Å²) in [6, 6.07) is 4.92. The van der Waals surface area contributed by atoms with E-state index in [-0.39, 0.29) is 0 Å². The zero-order valence-electron chi connectivity index (χ0n) is 9.48. The van der Waals surface area contributed by atoms with Crippen LogP contribution < -0.4 is 10.1 Å². The lowest BCUT2D eigenvalue weighted by Crippen LogP contribution is -2.20. The Morgan fingerprint density at radius 2 is 2.22 bits per heavy atom. The van der Waals surface area contributed by atoms with Crippen LogP contribution in [0.1, 0.15) is 18.6 Å². The van der Waals surface area contributed by atoms with E-state index in [1.165, 1.54) is 6.26 Å². The highest BCUT2D eigenvalue weighted by molar-refractivity contribution is 6.32. The van der Waals surface area contributed by atoms with Crippen molar-refractivity contribution in [3.63, 3.8) is 0 Å². The molecule has 0 aromatic heterocycles. The van der Waals surface area contributed by atoms with Crippen molar-refractivity contribution < 1.29 is 19.1 Å². The van der Waals surface area contributed by atoms with Gasteiger partial charge in [0.1, 0.15) is 5.75 Å². The largest absolute Gasteiger partial charge is 0.465 e. The van der Waals surface area contributed by atoms with Gasteiger partial charge in [0, 0.05) is 0 Å². The number of benzene rings is 1. The number of cyclic esters (lactones) is 1. The van der Waals surface area contributed by atoms with E-state index in [0.29, 0.717) is 16.3 Å². The highest BCUT2D eigenvalue weighted by Crippen LogP contribution is 2.36. The predicted octanol–water partition coefficient (Wildman–Crippen LogP) is 2.56. The van der Waals surface area contributed by atoms with Crippen molar-refractivity contribution >= 4 is 23.6 Å². The number of alkyl carbamates (subject to hydrolysis) is 1. The summed E-state index contributed by atoms with van der Waals surface area (Å²) >= 11 is 6.03. The van der Waals surface area contributed by atoms with Gasteiger partial charge < -0.3 is 9.47 Å². The molecule has 18 heavy (non-hydrogen) atoms. The number of nitrogens with one attached hydrogen (secondary N) is 1. The van der Waals surface area contributed by atoms with E-state index in [2.05, 4.69) is 0 Å². The SMILES string of the molecule is C/C=C/Oc1cccc(Cl)c1C1OC(=O)NC1=O. The fourth-order valence-electron chi connectivity index (χ4n) is 1.56. The van der Waals surface area contributed by atoms with Crippen molar-refractivity contribution in [1.29, 1.82) is 0 Å². The molecule has 0 bridgehead atoms. The molecule has 2 rings (SSSR count). The molecule has 2 amide bonds. The van der Waals surface area contributed by atoms with Gasteiger partial charge in [-0.1, -0.05) is 23.7 Å². The van der Waals surface area contributed by atoms with Gasteiger partial charge in [-0.25, -0.2) is 4.79 Å². The first-order chi connectivity index (χ1) is 8.63. The molecule has 1 aliphatic heterocycles. The van der Waals surface area contributed by atoms with Crippen LogP contribution in [0.15, 0.2) is 30.5 Å². The number of carbonyl (C=O) groups excluding carboxylic acids is 2. The Morgan fingerprint density at radius 3 is 2.83 bits per heavy atom. The lowest BCUT2D eigenvalue weighted by molar-refractivity contribution is -0.123. The summed E-state index contributed by atoms with van der Waals surface area (Å²) in [5.74, 6) is -0.186. The molecular weight excluding hydrogens is 258 g/mol. The monoisotopic (exact) mass is 267 g/mol. The number of rotatable bonds is 3. The highest BCUT2D eigenvalue weighted by atomic mass is 35.5.